The third kappa shape index (κ3) is 3.21. The number of nitrogens with zero attached hydrogens (tertiary/aromatic N) is 2. The summed E-state index contributed by atoms with van der Waals surface area (Å²) in [7, 11) is 0. The molecule has 5 heteroatoms. The van der Waals surface area contributed by atoms with Crippen LogP contribution in [0, 0.1) is 0 Å². The van der Waals surface area contributed by atoms with E-state index in [1.54, 1.807) is 6.20 Å². The maximum absolute atomic E-state index is 13.0. The number of carbonyl (C=O) groups is 2. The van der Waals surface area contributed by atoms with Crippen molar-refractivity contribution in [2.24, 2.45) is 0 Å². The predicted octanol–water partition coefficient (Wildman–Crippen LogP) is 2.53. The van der Waals surface area contributed by atoms with Crippen LogP contribution in [0.25, 0.3) is 0 Å². The zero-order chi connectivity index (χ0) is 18.0. The van der Waals surface area contributed by atoms with E-state index < -0.39 is 0 Å². The lowest BCUT2D eigenvalue weighted by Crippen LogP contribution is -2.49. The molecule has 1 aliphatic carbocycles. The van der Waals surface area contributed by atoms with Gasteiger partial charge in [0.2, 0.25) is 5.91 Å². The average Bonchev–Trinajstić information content (AvgIpc) is 3.51. The second-order valence-electron chi connectivity index (χ2n) is 7.23. The van der Waals surface area contributed by atoms with E-state index in [1.807, 2.05) is 53.6 Å². The number of amides is 2. The number of hydrogen-bond donors (Lipinski definition) is 1. The molecule has 0 radical (unpaired) electrons. The summed E-state index contributed by atoms with van der Waals surface area (Å²) in [6.45, 7) is 1.39. The molecule has 1 aliphatic heterocycles. The van der Waals surface area contributed by atoms with Gasteiger partial charge in [-0.05, 0) is 49.4 Å². The van der Waals surface area contributed by atoms with Crippen molar-refractivity contribution in [3.8, 4) is 0 Å². The molecule has 0 bridgehead atoms. The molecule has 0 atom stereocenters. The van der Waals surface area contributed by atoms with Gasteiger partial charge < -0.3 is 10.2 Å². The summed E-state index contributed by atoms with van der Waals surface area (Å²) in [5.41, 5.74) is 1.36. The molecule has 0 unspecified atom stereocenters. The van der Waals surface area contributed by atoms with E-state index >= 15 is 0 Å². The predicted molar refractivity (Wildman–Crippen MR) is 98.7 cm³/mol. The zero-order valence-electron chi connectivity index (χ0n) is 14.7. The van der Waals surface area contributed by atoms with Gasteiger partial charge in [-0.15, -0.1) is 0 Å². The van der Waals surface area contributed by atoms with E-state index in [2.05, 4.69) is 10.3 Å². The van der Waals surface area contributed by atoms with Crippen LogP contribution < -0.4 is 5.32 Å². The van der Waals surface area contributed by atoms with Crippen LogP contribution in [0.1, 0.15) is 41.6 Å². The van der Waals surface area contributed by atoms with Gasteiger partial charge in [-0.25, -0.2) is 0 Å². The molecule has 2 aromatic rings. The Hall–Kier alpha value is -2.69. The van der Waals surface area contributed by atoms with Gasteiger partial charge in [0.05, 0.1) is 5.41 Å². The molecule has 1 N–H and O–H groups in total. The normalized spacial score (nSPS) is 19.0. The van der Waals surface area contributed by atoms with Crippen LogP contribution in [-0.4, -0.2) is 40.8 Å². The summed E-state index contributed by atoms with van der Waals surface area (Å²) in [5, 5.41) is 3.09. The van der Waals surface area contributed by atoms with E-state index in [0.717, 1.165) is 31.2 Å². The molecule has 1 saturated heterocycles. The summed E-state index contributed by atoms with van der Waals surface area (Å²) in [4.78, 5) is 31.5. The number of likely N-dealkylation sites (tertiary alicyclic amines) is 1. The lowest BCUT2D eigenvalue weighted by atomic mass is 9.94. The summed E-state index contributed by atoms with van der Waals surface area (Å²) in [6.07, 6.45) is 6.97. The highest BCUT2D eigenvalue weighted by atomic mass is 16.2. The minimum Gasteiger partial charge on any atom is -0.349 e. The van der Waals surface area contributed by atoms with Crippen molar-refractivity contribution in [1.82, 2.24) is 15.2 Å². The highest BCUT2D eigenvalue weighted by molar-refractivity contribution is 5.94. The summed E-state index contributed by atoms with van der Waals surface area (Å²) >= 11 is 0. The molecule has 1 saturated carbocycles. The van der Waals surface area contributed by atoms with Crippen molar-refractivity contribution >= 4 is 11.8 Å². The fraction of sp³-hybridized carbons (Fsp3) is 0.381. The number of aromatic nitrogens is 1. The Bertz CT molecular complexity index is 779. The van der Waals surface area contributed by atoms with Crippen molar-refractivity contribution in [2.45, 2.75) is 37.1 Å². The van der Waals surface area contributed by atoms with Crippen LogP contribution in [0.3, 0.4) is 0 Å². The maximum atomic E-state index is 13.0. The smallest absolute Gasteiger partial charge is 0.251 e. The Kier molecular flexibility index (Phi) is 4.45. The van der Waals surface area contributed by atoms with E-state index in [4.69, 9.17) is 0 Å². The summed E-state index contributed by atoms with van der Waals surface area (Å²) < 4.78 is 0. The standard InChI is InChI=1S/C21H23N3O2/c25-19(16-5-2-1-3-6-16)23-18-8-13-24(14-9-18)20(26)21(10-11-21)17-7-4-12-22-15-17/h1-7,12,15,18H,8-11,13-14H2,(H,23,25). The highest BCUT2D eigenvalue weighted by Gasteiger charge is 2.53. The summed E-state index contributed by atoms with van der Waals surface area (Å²) in [6, 6.07) is 13.3. The van der Waals surface area contributed by atoms with Crippen molar-refractivity contribution in [3.05, 3.63) is 66.0 Å². The third-order valence-corrected chi connectivity index (χ3v) is 5.53. The van der Waals surface area contributed by atoms with Gasteiger partial charge in [-0.3, -0.25) is 14.6 Å². The fourth-order valence-electron chi connectivity index (χ4n) is 3.78. The minimum atomic E-state index is -0.353. The van der Waals surface area contributed by atoms with E-state index in [-0.39, 0.29) is 23.3 Å². The number of nitrogens with one attached hydrogen (secondary N) is 1. The van der Waals surface area contributed by atoms with Crippen molar-refractivity contribution in [1.29, 1.82) is 0 Å². The monoisotopic (exact) mass is 349 g/mol. The largest absolute Gasteiger partial charge is 0.349 e. The SMILES string of the molecule is O=C(NC1CCN(C(=O)C2(c3cccnc3)CC2)CC1)c1ccccc1. The van der Waals surface area contributed by atoms with Gasteiger partial charge in [-0.1, -0.05) is 24.3 Å². The van der Waals surface area contributed by atoms with Gasteiger partial charge in [0.1, 0.15) is 0 Å². The number of rotatable bonds is 4. The molecule has 4 rings (SSSR count). The Labute approximate surface area is 153 Å². The van der Waals surface area contributed by atoms with Crippen LogP contribution in [0.15, 0.2) is 54.9 Å². The minimum absolute atomic E-state index is 0.0376. The zero-order valence-corrected chi connectivity index (χ0v) is 14.7. The first-order chi connectivity index (χ1) is 12.7. The van der Waals surface area contributed by atoms with Crippen LogP contribution in [-0.2, 0) is 10.2 Å². The molecule has 0 spiro atoms. The number of carbonyl (C=O) groups excluding carboxylic acids is 2. The highest BCUT2D eigenvalue weighted by Crippen LogP contribution is 2.49. The van der Waals surface area contributed by atoms with Crippen LogP contribution in [0.2, 0.25) is 0 Å². The molecule has 134 valence electrons. The summed E-state index contributed by atoms with van der Waals surface area (Å²) in [5.74, 6) is 0.183. The number of pyridine rings is 1. The van der Waals surface area contributed by atoms with Gasteiger partial charge in [0.15, 0.2) is 0 Å². The molecular weight excluding hydrogens is 326 g/mol. The molecule has 2 aliphatic rings. The first-order valence-electron chi connectivity index (χ1n) is 9.25. The molecule has 2 heterocycles. The van der Waals surface area contributed by atoms with Crippen molar-refractivity contribution in [3.63, 3.8) is 0 Å². The van der Waals surface area contributed by atoms with E-state index in [0.29, 0.717) is 18.7 Å². The molecule has 5 nitrogen and oxygen atoms in total. The van der Waals surface area contributed by atoms with Crippen molar-refractivity contribution in [2.75, 3.05) is 13.1 Å². The Balaban J connectivity index is 1.34. The van der Waals surface area contributed by atoms with Gasteiger partial charge in [0.25, 0.3) is 5.91 Å². The van der Waals surface area contributed by atoms with Gasteiger partial charge >= 0.3 is 0 Å². The Morgan fingerprint density at radius 1 is 1.04 bits per heavy atom. The van der Waals surface area contributed by atoms with Gasteiger partial charge in [0, 0.05) is 37.1 Å². The second-order valence-corrected chi connectivity index (χ2v) is 7.23. The van der Waals surface area contributed by atoms with Gasteiger partial charge in [-0.2, -0.15) is 0 Å². The molecule has 2 amide bonds. The lowest BCUT2D eigenvalue weighted by Gasteiger charge is -2.34. The van der Waals surface area contributed by atoms with Crippen LogP contribution in [0.5, 0.6) is 0 Å². The quantitative estimate of drug-likeness (QED) is 0.923. The molecule has 1 aromatic heterocycles. The first kappa shape index (κ1) is 16.8. The fourth-order valence-corrected chi connectivity index (χ4v) is 3.78. The number of hydrogen-bond acceptors (Lipinski definition) is 3. The molecule has 1 aromatic carbocycles. The molecule has 2 fully saturated rings. The third-order valence-electron chi connectivity index (χ3n) is 5.53. The van der Waals surface area contributed by atoms with Crippen LogP contribution in [0.4, 0.5) is 0 Å². The first-order valence-corrected chi connectivity index (χ1v) is 9.25. The topological polar surface area (TPSA) is 62.3 Å². The molecule has 26 heavy (non-hydrogen) atoms. The number of benzene rings is 1. The average molecular weight is 349 g/mol. The van der Waals surface area contributed by atoms with E-state index in [1.165, 1.54) is 0 Å². The second kappa shape index (κ2) is 6.90. The Morgan fingerprint density at radius 2 is 1.77 bits per heavy atom. The number of piperidine rings is 1. The maximum Gasteiger partial charge on any atom is 0.251 e. The Morgan fingerprint density at radius 3 is 2.38 bits per heavy atom. The lowest BCUT2D eigenvalue weighted by molar-refractivity contribution is -0.135. The molecular formula is C21H23N3O2. The van der Waals surface area contributed by atoms with Crippen LogP contribution >= 0.6 is 0 Å². The van der Waals surface area contributed by atoms with Crippen molar-refractivity contribution < 1.29 is 9.59 Å². The van der Waals surface area contributed by atoms with E-state index in [9.17, 15) is 9.59 Å².